The highest BCUT2D eigenvalue weighted by Crippen LogP contribution is 2.03. The molecule has 5 nitrogen and oxygen atoms in total. The number of pyridine rings is 1. The van der Waals surface area contributed by atoms with Crippen LogP contribution in [0, 0.1) is 0 Å². The first-order chi connectivity index (χ1) is 7.63. The maximum Gasteiger partial charge on any atom is 0.238 e. The summed E-state index contributed by atoms with van der Waals surface area (Å²) in [7, 11) is 1.80. The third-order valence-electron chi connectivity index (χ3n) is 2.37. The minimum absolute atomic E-state index is 0.0248. The zero-order chi connectivity index (χ0) is 12.0. The SMILES string of the molecule is CC(CO)N(C)CC(=O)Nc1ccncc1. The van der Waals surface area contributed by atoms with Gasteiger partial charge in [0, 0.05) is 24.1 Å². The molecule has 1 amide bonds. The molecule has 16 heavy (non-hydrogen) atoms. The summed E-state index contributed by atoms with van der Waals surface area (Å²) in [4.78, 5) is 17.2. The first kappa shape index (κ1) is 12.6. The summed E-state index contributed by atoms with van der Waals surface area (Å²) in [5, 5.41) is 11.7. The van der Waals surface area contributed by atoms with E-state index in [1.54, 1.807) is 36.5 Å². The molecule has 2 N–H and O–H groups in total. The van der Waals surface area contributed by atoms with Crippen molar-refractivity contribution in [3.05, 3.63) is 24.5 Å². The van der Waals surface area contributed by atoms with Gasteiger partial charge in [0.1, 0.15) is 0 Å². The summed E-state index contributed by atoms with van der Waals surface area (Å²) < 4.78 is 0. The molecule has 0 aliphatic heterocycles. The first-order valence-electron chi connectivity index (χ1n) is 5.14. The fraction of sp³-hybridized carbons (Fsp3) is 0.455. The molecular formula is C11H17N3O2. The zero-order valence-corrected chi connectivity index (χ0v) is 9.55. The number of nitrogens with zero attached hydrogens (tertiary/aromatic N) is 2. The van der Waals surface area contributed by atoms with Crippen molar-refractivity contribution in [3.63, 3.8) is 0 Å². The van der Waals surface area contributed by atoms with Crippen molar-refractivity contribution in [3.8, 4) is 0 Å². The predicted octanol–water partition coefficient (Wildman–Crippen LogP) is 0.333. The Hall–Kier alpha value is -1.46. The van der Waals surface area contributed by atoms with Crippen LogP contribution in [-0.2, 0) is 4.79 Å². The molecule has 0 fully saturated rings. The van der Waals surface area contributed by atoms with Crippen molar-refractivity contribution in [2.24, 2.45) is 0 Å². The largest absolute Gasteiger partial charge is 0.395 e. The summed E-state index contributed by atoms with van der Waals surface area (Å²) in [6.45, 7) is 2.16. The molecule has 5 heteroatoms. The van der Waals surface area contributed by atoms with Crippen molar-refractivity contribution >= 4 is 11.6 Å². The molecule has 1 rings (SSSR count). The van der Waals surface area contributed by atoms with Crippen LogP contribution in [0.25, 0.3) is 0 Å². The van der Waals surface area contributed by atoms with Gasteiger partial charge >= 0.3 is 0 Å². The van der Waals surface area contributed by atoms with Crippen molar-refractivity contribution in [2.45, 2.75) is 13.0 Å². The number of carbonyl (C=O) groups is 1. The van der Waals surface area contributed by atoms with Gasteiger partial charge in [0.05, 0.1) is 13.2 Å². The molecule has 0 saturated carbocycles. The average Bonchev–Trinajstić information content (AvgIpc) is 2.29. The second kappa shape index (κ2) is 6.19. The van der Waals surface area contributed by atoms with Gasteiger partial charge < -0.3 is 10.4 Å². The summed E-state index contributed by atoms with van der Waals surface area (Å²) in [6, 6.07) is 3.43. The van der Waals surface area contributed by atoms with Crippen molar-refractivity contribution < 1.29 is 9.90 Å². The van der Waals surface area contributed by atoms with Crippen LogP contribution in [0.5, 0.6) is 0 Å². The molecule has 0 aromatic carbocycles. The Balaban J connectivity index is 2.42. The fourth-order valence-corrected chi connectivity index (χ4v) is 1.16. The first-order valence-corrected chi connectivity index (χ1v) is 5.14. The lowest BCUT2D eigenvalue weighted by atomic mass is 10.3. The highest BCUT2D eigenvalue weighted by atomic mass is 16.3. The topological polar surface area (TPSA) is 65.5 Å². The van der Waals surface area contributed by atoms with Crippen LogP contribution in [0.15, 0.2) is 24.5 Å². The van der Waals surface area contributed by atoms with Crippen molar-refractivity contribution in [1.82, 2.24) is 9.88 Å². The van der Waals surface area contributed by atoms with Crippen LogP contribution in [0.4, 0.5) is 5.69 Å². The third-order valence-corrected chi connectivity index (χ3v) is 2.37. The quantitative estimate of drug-likeness (QED) is 0.755. The molecule has 88 valence electrons. The predicted molar refractivity (Wildman–Crippen MR) is 62.0 cm³/mol. The molecule has 0 bridgehead atoms. The van der Waals surface area contributed by atoms with E-state index in [1.165, 1.54) is 0 Å². The van der Waals surface area contributed by atoms with E-state index in [2.05, 4.69) is 10.3 Å². The number of aliphatic hydroxyl groups is 1. The Morgan fingerprint density at radius 3 is 2.75 bits per heavy atom. The van der Waals surface area contributed by atoms with Gasteiger partial charge in [-0.2, -0.15) is 0 Å². The average molecular weight is 223 g/mol. The number of rotatable bonds is 5. The second-order valence-electron chi connectivity index (χ2n) is 3.73. The molecule has 1 aromatic heterocycles. The maximum atomic E-state index is 11.6. The van der Waals surface area contributed by atoms with E-state index in [9.17, 15) is 4.79 Å². The normalized spacial score (nSPS) is 12.5. The van der Waals surface area contributed by atoms with E-state index in [0.29, 0.717) is 0 Å². The Labute approximate surface area is 95.1 Å². The maximum absolute atomic E-state index is 11.6. The third kappa shape index (κ3) is 3.96. The van der Waals surface area contributed by atoms with Gasteiger partial charge in [0.2, 0.25) is 5.91 Å². The monoisotopic (exact) mass is 223 g/mol. The Bertz CT molecular complexity index is 329. The molecular weight excluding hydrogens is 206 g/mol. The number of hydrogen-bond acceptors (Lipinski definition) is 4. The lowest BCUT2D eigenvalue weighted by Crippen LogP contribution is -2.38. The molecule has 1 heterocycles. The minimum atomic E-state index is -0.103. The molecule has 1 atom stereocenters. The molecule has 1 aromatic rings. The van der Waals surface area contributed by atoms with Gasteiger partial charge in [-0.05, 0) is 26.1 Å². The molecule has 0 spiro atoms. The number of hydrogen-bond donors (Lipinski definition) is 2. The molecule has 0 aliphatic rings. The van der Waals surface area contributed by atoms with E-state index in [1.807, 2.05) is 6.92 Å². The summed E-state index contributed by atoms with van der Waals surface area (Å²) in [5.41, 5.74) is 0.727. The van der Waals surface area contributed by atoms with Crippen LogP contribution in [0.3, 0.4) is 0 Å². The zero-order valence-electron chi connectivity index (χ0n) is 9.55. The van der Waals surface area contributed by atoms with Gasteiger partial charge in [0.15, 0.2) is 0 Å². The number of carbonyl (C=O) groups excluding carboxylic acids is 1. The molecule has 0 radical (unpaired) electrons. The van der Waals surface area contributed by atoms with Gasteiger partial charge in [0.25, 0.3) is 0 Å². The number of aromatic nitrogens is 1. The van der Waals surface area contributed by atoms with Crippen LogP contribution in [0.2, 0.25) is 0 Å². The highest BCUT2D eigenvalue weighted by molar-refractivity contribution is 5.92. The lowest BCUT2D eigenvalue weighted by Gasteiger charge is -2.21. The summed E-state index contributed by atoms with van der Waals surface area (Å²) in [6.07, 6.45) is 3.24. The van der Waals surface area contributed by atoms with Crippen molar-refractivity contribution in [1.29, 1.82) is 0 Å². The second-order valence-corrected chi connectivity index (χ2v) is 3.73. The standard InChI is InChI=1S/C11H17N3O2/c1-9(8-15)14(2)7-11(16)13-10-3-5-12-6-4-10/h3-6,9,15H,7-8H2,1-2H3,(H,12,13,16). The smallest absolute Gasteiger partial charge is 0.238 e. The number of aliphatic hydroxyl groups excluding tert-OH is 1. The minimum Gasteiger partial charge on any atom is -0.395 e. The van der Waals surface area contributed by atoms with Crippen LogP contribution in [0.1, 0.15) is 6.92 Å². The van der Waals surface area contributed by atoms with Crippen LogP contribution in [-0.4, -0.2) is 47.1 Å². The van der Waals surface area contributed by atoms with Gasteiger partial charge in [-0.15, -0.1) is 0 Å². The lowest BCUT2D eigenvalue weighted by molar-refractivity contribution is -0.117. The van der Waals surface area contributed by atoms with E-state index in [0.717, 1.165) is 5.69 Å². The van der Waals surface area contributed by atoms with E-state index < -0.39 is 0 Å². The number of anilines is 1. The number of amides is 1. The Morgan fingerprint density at radius 1 is 1.56 bits per heavy atom. The van der Waals surface area contributed by atoms with Gasteiger partial charge in [-0.25, -0.2) is 0 Å². The Kier molecular flexibility index (Phi) is 4.88. The fourth-order valence-electron chi connectivity index (χ4n) is 1.16. The molecule has 0 saturated heterocycles. The number of likely N-dealkylation sites (N-methyl/N-ethyl adjacent to an activating group) is 1. The van der Waals surface area contributed by atoms with Crippen LogP contribution >= 0.6 is 0 Å². The van der Waals surface area contributed by atoms with E-state index in [-0.39, 0.29) is 25.1 Å². The Morgan fingerprint density at radius 2 is 2.19 bits per heavy atom. The van der Waals surface area contributed by atoms with E-state index in [4.69, 9.17) is 5.11 Å². The molecule has 1 unspecified atom stereocenters. The van der Waals surface area contributed by atoms with Crippen LogP contribution < -0.4 is 5.32 Å². The highest BCUT2D eigenvalue weighted by Gasteiger charge is 2.11. The summed E-state index contributed by atoms with van der Waals surface area (Å²) in [5.74, 6) is -0.103. The van der Waals surface area contributed by atoms with Gasteiger partial charge in [-0.1, -0.05) is 0 Å². The van der Waals surface area contributed by atoms with Gasteiger partial charge in [-0.3, -0.25) is 14.7 Å². The molecule has 0 aliphatic carbocycles. The number of nitrogens with one attached hydrogen (secondary N) is 1. The van der Waals surface area contributed by atoms with E-state index >= 15 is 0 Å². The van der Waals surface area contributed by atoms with Crippen molar-refractivity contribution in [2.75, 3.05) is 25.5 Å². The summed E-state index contributed by atoms with van der Waals surface area (Å²) >= 11 is 0.